The van der Waals surface area contributed by atoms with Crippen molar-refractivity contribution >= 4 is 45.5 Å². The minimum atomic E-state index is -4.60. The van der Waals surface area contributed by atoms with E-state index in [2.05, 4.69) is 35.9 Å². The molecule has 0 saturated heterocycles. The zero-order valence-corrected chi connectivity index (χ0v) is 21.4. The van der Waals surface area contributed by atoms with Crippen LogP contribution in [0.2, 0.25) is 0 Å². The standard InChI is InChI=1S/C26H21F3N8OS/c1-15-3-4-17(9-21(15)34-24-30-6-5-22(35-24)36-25-31-7-8-39-25)23(38)33-19-10-18(26(27,28)29)11-20(12-19)37-13-16(2)32-14-37/h3-14H,1-2H3,(H,33,38)(H2,30,31,34,35,36). The lowest BCUT2D eigenvalue weighted by Gasteiger charge is -2.14. The molecular formula is C26H21F3N8OS. The molecule has 0 atom stereocenters. The lowest BCUT2D eigenvalue weighted by atomic mass is 10.1. The predicted octanol–water partition coefficient (Wildman–Crippen LogP) is 6.49. The first-order valence-corrected chi connectivity index (χ1v) is 12.4. The van der Waals surface area contributed by atoms with Gasteiger partial charge in [0.15, 0.2) is 5.13 Å². The molecule has 2 aromatic carbocycles. The van der Waals surface area contributed by atoms with Crippen LogP contribution >= 0.6 is 11.3 Å². The molecule has 1 amide bonds. The largest absolute Gasteiger partial charge is 0.416 e. The first-order chi connectivity index (χ1) is 18.6. The Morgan fingerprint density at radius 3 is 2.54 bits per heavy atom. The summed E-state index contributed by atoms with van der Waals surface area (Å²) in [5, 5.41) is 11.3. The summed E-state index contributed by atoms with van der Waals surface area (Å²) in [5.41, 5.74) is 1.57. The van der Waals surface area contributed by atoms with Crippen LogP contribution in [0.5, 0.6) is 0 Å². The summed E-state index contributed by atoms with van der Waals surface area (Å²) in [6, 6.07) is 9.94. The van der Waals surface area contributed by atoms with Crippen molar-refractivity contribution < 1.29 is 18.0 Å². The fourth-order valence-electron chi connectivity index (χ4n) is 3.66. The van der Waals surface area contributed by atoms with Crippen LogP contribution in [0.3, 0.4) is 0 Å². The van der Waals surface area contributed by atoms with Gasteiger partial charge in [0.05, 0.1) is 17.6 Å². The Balaban J connectivity index is 1.38. The van der Waals surface area contributed by atoms with Crippen LogP contribution in [-0.2, 0) is 6.18 Å². The average Bonchev–Trinajstić information content (AvgIpc) is 3.56. The highest BCUT2D eigenvalue weighted by molar-refractivity contribution is 7.13. The number of hydrogen-bond donors (Lipinski definition) is 3. The monoisotopic (exact) mass is 550 g/mol. The molecule has 0 fully saturated rings. The third kappa shape index (κ3) is 6.21. The first-order valence-electron chi connectivity index (χ1n) is 11.6. The van der Waals surface area contributed by atoms with Gasteiger partial charge in [-0.05, 0) is 55.8 Å². The summed E-state index contributed by atoms with van der Waals surface area (Å²) in [7, 11) is 0. The third-order valence-corrected chi connectivity index (χ3v) is 6.27. The van der Waals surface area contributed by atoms with Gasteiger partial charge >= 0.3 is 6.18 Å². The highest BCUT2D eigenvalue weighted by Gasteiger charge is 2.31. The van der Waals surface area contributed by atoms with Crippen molar-refractivity contribution in [1.82, 2.24) is 24.5 Å². The Hall–Kier alpha value is -4.78. The number of alkyl halides is 3. The lowest BCUT2D eigenvalue weighted by molar-refractivity contribution is -0.137. The topological polar surface area (TPSA) is 110 Å². The molecule has 0 unspecified atom stereocenters. The molecule has 9 nitrogen and oxygen atoms in total. The van der Waals surface area contributed by atoms with E-state index in [1.807, 2.05) is 12.3 Å². The summed E-state index contributed by atoms with van der Waals surface area (Å²) < 4.78 is 42.3. The maximum atomic E-state index is 13.6. The summed E-state index contributed by atoms with van der Waals surface area (Å²) in [6.07, 6.45) is 1.66. The third-order valence-electron chi connectivity index (χ3n) is 5.58. The molecule has 0 bridgehead atoms. The summed E-state index contributed by atoms with van der Waals surface area (Å²) in [5.74, 6) is 0.239. The zero-order chi connectivity index (χ0) is 27.6. The number of imidazole rings is 1. The fourth-order valence-corrected chi connectivity index (χ4v) is 4.20. The molecule has 39 heavy (non-hydrogen) atoms. The number of carbonyl (C=O) groups excluding carboxylic acids is 1. The molecule has 5 rings (SSSR count). The van der Waals surface area contributed by atoms with Crippen LogP contribution in [0.25, 0.3) is 5.69 Å². The van der Waals surface area contributed by atoms with Gasteiger partial charge in [-0.15, -0.1) is 11.3 Å². The van der Waals surface area contributed by atoms with E-state index >= 15 is 0 Å². The minimum Gasteiger partial charge on any atom is -0.324 e. The van der Waals surface area contributed by atoms with Crippen molar-refractivity contribution in [3.63, 3.8) is 0 Å². The summed E-state index contributed by atoms with van der Waals surface area (Å²) in [6.45, 7) is 3.57. The Morgan fingerprint density at radius 1 is 0.974 bits per heavy atom. The maximum absolute atomic E-state index is 13.6. The van der Waals surface area contributed by atoms with Crippen molar-refractivity contribution in [3.05, 3.63) is 95.1 Å². The zero-order valence-electron chi connectivity index (χ0n) is 20.6. The number of aryl methyl sites for hydroxylation is 2. The number of nitrogens with one attached hydrogen (secondary N) is 3. The molecule has 3 aromatic heterocycles. The van der Waals surface area contributed by atoms with E-state index in [1.165, 1.54) is 28.3 Å². The molecule has 198 valence electrons. The van der Waals surface area contributed by atoms with Gasteiger partial charge in [0.1, 0.15) is 5.82 Å². The number of nitrogens with zero attached hydrogens (tertiary/aromatic N) is 5. The molecule has 0 aliphatic heterocycles. The molecule has 13 heteroatoms. The SMILES string of the molecule is Cc1cn(-c2cc(NC(=O)c3ccc(C)c(Nc4nccc(Nc5nccs5)n4)c3)cc(C(F)(F)F)c2)cn1. The second kappa shape index (κ2) is 10.5. The number of hydrogen-bond acceptors (Lipinski definition) is 8. The van der Waals surface area contributed by atoms with Gasteiger partial charge in [0, 0.05) is 46.6 Å². The second-order valence-corrected chi connectivity index (χ2v) is 9.42. The van der Waals surface area contributed by atoms with Crippen molar-refractivity contribution in [2.75, 3.05) is 16.0 Å². The number of thiazole rings is 1. The lowest BCUT2D eigenvalue weighted by Crippen LogP contribution is -2.14. The van der Waals surface area contributed by atoms with E-state index in [-0.39, 0.29) is 22.9 Å². The Labute approximate surface area is 224 Å². The smallest absolute Gasteiger partial charge is 0.324 e. The first kappa shape index (κ1) is 25.9. The number of anilines is 5. The van der Waals surface area contributed by atoms with Crippen molar-refractivity contribution in [3.8, 4) is 5.69 Å². The molecule has 0 aliphatic carbocycles. The molecule has 3 N–H and O–H groups in total. The molecule has 3 heterocycles. The number of amides is 1. The van der Waals surface area contributed by atoms with Gasteiger partial charge in [-0.2, -0.15) is 18.2 Å². The van der Waals surface area contributed by atoms with Crippen LogP contribution in [0.1, 0.15) is 27.2 Å². The van der Waals surface area contributed by atoms with Crippen LogP contribution in [-0.4, -0.2) is 30.4 Å². The minimum absolute atomic E-state index is 0.00411. The Kier molecular flexibility index (Phi) is 6.98. The molecule has 0 spiro atoms. The predicted molar refractivity (Wildman–Crippen MR) is 143 cm³/mol. The highest BCUT2D eigenvalue weighted by Crippen LogP contribution is 2.33. The second-order valence-electron chi connectivity index (χ2n) is 8.53. The number of carbonyl (C=O) groups is 1. The Bertz CT molecular complexity index is 1630. The number of rotatable bonds is 7. The molecule has 0 radical (unpaired) electrons. The Morgan fingerprint density at radius 2 is 1.82 bits per heavy atom. The van der Waals surface area contributed by atoms with E-state index < -0.39 is 17.6 Å². The number of halogens is 3. The van der Waals surface area contributed by atoms with Gasteiger partial charge in [-0.25, -0.2) is 15.0 Å². The molecule has 5 aromatic rings. The highest BCUT2D eigenvalue weighted by atomic mass is 32.1. The van der Waals surface area contributed by atoms with Gasteiger partial charge in [0.2, 0.25) is 5.95 Å². The van der Waals surface area contributed by atoms with Gasteiger partial charge < -0.3 is 20.5 Å². The molecule has 0 aliphatic rings. The quantitative estimate of drug-likeness (QED) is 0.212. The summed E-state index contributed by atoms with van der Waals surface area (Å²) in [4.78, 5) is 30.0. The fraction of sp³-hybridized carbons (Fsp3) is 0.115. The van der Waals surface area contributed by atoms with Crippen molar-refractivity contribution in [2.24, 2.45) is 0 Å². The van der Waals surface area contributed by atoms with Crippen molar-refractivity contribution in [2.45, 2.75) is 20.0 Å². The van der Waals surface area contributed by atoms with Crippen LogP contribution in [0.15, 0.2) is 72.8 Å². The van der Waals surface area contributed by atoms with Crippen LogP contribution in [0.4, 0.5) is 41.4 Å². The number of benzene rings is 2. The van der Waals surface area contributed by atoms with Gasteiger partial charge in [0.25, 0.3) is 5.91 Å². The van der Waals surface area contributed by atoms with Crippen LogP contribution < -0.4 is 16.0 Å². The van der Waals surface area contributed by atoms with E-state index in [1.54, 1.807) is 49.8 Å². The maximum Gasteiger partial charge on any atom is 0.416 e. The van der Waals surface area contributed by atoms with E-state index in [0.29, 0.717) is 22.3 Å². The normalized spacial score (nSPS) is 11.3. The number of aromatic nitrogens is 5. The van der Waals surface area contributed by atoms with E-state index in [9.17, 15) is 18.0 Å². The van der Waals surface area contributed by atoms with Gasteiger partial charge in [-0.3, -0.25) is 4.79 Å². The molecular weight excluding hydrogens is 529 g/mol. The van der Waals surface area contributed by atoms with Crippen molar-refractivity contribution in [1.29, 1.82) is 0 Å². The van der Waals surface area contributed by atoms with Crippen LogP contribution in [0, 0.1) is 13.8 Å². The summed E-state index contributed by atoms with van der Waals surface area (Å²) >= 11 is 1.42. The molecule has 0 saturated carbocycles. The van der Waals surface area contributed by atoms with Gasteiger partial charge in [-0.1, -0.05) is 6.07 Å². The average molecular weight is 551 g/mol. The van der Waals surface area contributed by atoms with E-state index in [0.717, 1.165) is 17.7 Å². The van der Waals surface area contributed by atoms with E-state index in [4.69, 9.17) is 0 Å².